The van der Waals surface area contributed by atoms with E-state index in [2.05, 4.69) is 10.6 Å². The van der Waals surface area contributed by atoms with Gasteiger partial charge < -0.3 is 15.4 Å². The van der Waals surface area contributed by atoms with Gasteiger partial charge in [0.15, 0.2) is 5.78 Å². The van der Waals surface area contributed by atoms with Crippen molar-refractivity contribution in [3.8, 4) is 0 Å². The second-order valence-electron chi connectivity index (χ2n) is 7.18. The van der Waals surface area contributed by atoms with E-state index in [1.54, 1.807) is 7.11 Å². The third kappa shape index (κ3) is 5.65. The molecule has 2 N–H and O–H groups in total. The normalized spacial score (nSPS) is 16.4. The Kier molecular flexibility index (Phi) is 7.14. The summed E-state index contributed by atoms with van der Waals surface area (Å²) in [7, 11) is 1.70. The highest BCUT2D eigenvalue weighted by Crippen LogP contribution is 2.28. The molecule has 0 bridgehead atoms. The van der Waals surface area contributed by atoms with Crippen LogP contribution < -0.4 is 10.6 Å². The van der Waals surface area contributed by atoms with Gasteiger partial charge in [0, 0.05) is 37.5 Å². The number of amides is 1. The van der Waals surface area contributed by atoms with Gasteiger partial charge >= 0.3 is 0 Å². The molecule has 5 heteroatoms. The number of carbonyl (C=O) groups excluding carboxylic acids is 2. The Morgan fingerprint density at radius 1 is 1.16 bits per heavy atom. The lowest BCUT2D eigenvalue weighted by Gasteiger charge is -2.37. The molecule has 1 saturated heterocycles. The maximum Gasteiger partial charge on any atom is 0.220 e. The third-order valence-corrected chi connectivity index (χ3v) is 5.18. The highest BCUT2D eigenvalue weighted by Gasteiger charge is 2.32. The SMILES string of the molecule is COCC1(CNC(=O)CCC(=O)c2ccc(C)c(C)c2)CCNCC1. The first-order chi connectivity index (χ1) is 12.0. The number of aryl methyl sites for hydroxylation is 2. The molecule has 138 valence electrons. The number of ketones is 1. The third-order valence-electron chi connectivity index (χ3n) is 5.18. The van der Waals surface area contributed by atoms with Gasteiger partial charge in [0.05, 0.1) is 6.61 Å². The van der Waals surface area contributed by atoms with Crippen molar-refractivity contribution in [2.45, 2.75) is 39.5 Å². The quantitative estimate of drug-likeness (QED) is 0.709. The maximum absolute atomic E-state index is 12.3. The molecule has 0 spiro atoms. The summed E-state index contributed by atoms with van der Waals surface area (Å²) in [6.07, 6.45) is 2.45. The van der Waals surface area contributed by atoms with E-state index < -0.39 is 0 Å². The van der Waals surface area contributed by atoms with Crippen molar-refractivity contribution >= 4 is 11.7 Å². The number of hydrogen-bond donors (Lipinski definition) is 2. The summed E-state index contributed by atoms with van der Waals surface area (Å²) in [6.45, 7) is 7.17. The lowest BCUT2D eigenvalue weighted by Crippen LogP contribution is -2.47. The monoisotopic (exact) mass is 346 g/mol. The fourth-order valence-corrected chi connectivity index (χ4v) is 3.30. The van der Waals surface area contributed by atoms with Crippen LogP contribution in [0.25, 0.3) is 0 Å². The minimum atomic E-state index is -0.0637. The molecule has 1 aromatic rings. The van der Waals surface area contributed by atoms with Gasteiger partial charge in [-0.3, -0.25) is 9.59 Å². The Balaban J connectivity index is 1.81. The summed E-state index contributed by atoms with van der Waals surface area (Å²) >= 11 is 0. The Morgan fingerprint density at radius 3 is 2.52 bits per heavy atom. The van der Waals surface area contributed by atoms with Crippen LogP contribution in [0.15, 0.2) is 18.2 Å². The van der Waals surface area contributed by atoms with Crippen molar-refractivity contribution in [2.75, 3.05) is 33.4 Å². The first-order valence-electron chi connectivity index (χ1n) is 9.03. The average Bonchev–Trinajstić information content (AvgIpc) is 2.61. The van der Waals surface area contributed by atoms with Crippen LogP contribution >= 0.6 is 0 Å². The van der Waals surface area contributed by atoms with Crippen molar-refractivity contribution < 1.29 is 14.3 Å². The lowest BCUT2D eigenvalue weighted by atomic mass is 9.79. The number of carbonyl (C=O) groups is 2. The molecule has 25 heavy (non-hydrogen) atoms. The van der Waals surface area contributed by atoms with Crippen molar-refractivity contribution in [3.63, 3.8) is 0 Å². The predicted octanol–water partition coefficient (Wildman–Crippen LogP) is 2.40. The molecule has 1 heterocycles. The zero-order valence-electron chi connectivity index (χ0n) is 15.6. The van der Waals surface area contributed by atoms with Gasteiger partial charge in [-0.05, 0) is 57.0 Å². The Bertz CT molecular complexity index is 601. The second-order valence-corrected chi connectivity index (χ2v) is 7.18. The Labute approximate surface area is 150 Å². The maximum atomic E-state index is 12.3. The van der Waals surface area contributed by atoms with Gasteiger partial charge in [-0.1, -0.05) is 12.1 Å². The van der Waals surface area contributed by atoms with Gasteiger partial charge in [-0.2, -0.15) is 0 Å². The van der Waals surface area contributed by atoms with Gasteiger partial charge in [-0.25, -0.2) is 0 Å². The Hall–Kier alpha value is -1.72. The number of Topliss-reactive ketones (excluding diaryl/α,β-unsaturated/α-hetero) is 1. The number of ether oxygens (including phenoxy) is 1. The summed E-state index contributed by atoms with van der Waals surface area (Å²) in [4.78, 5) is 24.4. The molecular formula is C20H30N2O3. The number of hydrogen-bond acceptors (Lipinski definition) is 4. The second kappa shape index (κ2) is 9.11. The first-order valence-corrected chi connectivity index (χ1v) is 9.03. The Morgan fingerprint density at radius 2 is 1.88 bits per heavy atom. The molecule has 1 fully saturated rings. The average molecular weight is 346 g/mol. The molecule has 0 atom stereocenters. The van der Waals surface area contributed by atoms with E-state index in [9.17, 15) is 9.59 Å². The van der Waals surface area contributed by atoms with Crippen LogP contribution in [-0.4, -0.2) is 45.0 Å². The van der Waals surface area contributed by atoms with Gasteiger partial charge in [-0.15, -0.1) is 0 Å². The van der Waals surface area contributed by atoms with E-state index in [0.29, 0.717) is 18.7 Å². The molecule has 1 aliphatic rings. The van der Waals surface area contributed by atoms with Crippen LogP contribution in [0, 0.1) is 19.3 Å². The van der Waals surface area contributed by atoms with Crippen molar-refractivity contribution in [2.24, 2.45) is 5.41 Å². The first kappa shape index (κ1) is 19.6. The molecule has 0 saturated carbocycles. The van der Waals surface area contributed by atoms with E-state index in [0.717, 1.165) is 31.5 Å². The molecule has 0 radical (unpaired) electrons. The molecule has 0 unspecified atom stereocenters. The van der Waals surface area contributed by atoms with Crippen molar-refractivity contribution in [3.05, 3.63) is 34.9 Å². The highest BCUT2D eigenvalue weighted by molar-refractivity contribution is 5.98. The lowest BCUT2D eigenvalue weighted by molar-refractivity contribution is -0.122. The summed E-state index contributed by atoms with van der Waals surface area (Å²) in [5.41, 5.74) is 2.96. The predicted molar refractivity (Wildman–Crippen MR) is 98.9 cm³/mol. The van der Waals surface area contributed by atoms with Gasteiger partial charge in [0.25, 0.3) is 0 Å². The topological polar surface area (TPSA) is 67.4 Å². The van der Waals surface area contributed by atoms with Crippen LogP contribution in [0.2, 0.25) is 0 Å². The smallest absolute Gasteiger partial charge is 0.220 e. The summed E-state index contributed by atoms with van der Waals surface area (Å²) < 4.78 is 5.36. The highest BCUT2D eigenvalue weighted by atomic mass is 16.5. The number of rotatable bonds is 8. The molecule has 1 aromatic carbocycles. The fourth-order valence-electron chi connectivity index (χ4n) is 3.30. The van der Waals surface area contributed by atoms with Crippen LogP contribution in [0.3, 0.4) is 0 Å². The van der Waals surface area contributed by atoms with Crippen LogP contribution in [0.1, 0.15) is 47.2 Å². The fraction of sp³-hybridized carbons (Fsp3) is 0.600. The van der Waals surface area contributed by atoms with Crippen molar-refractivity contribution in [1.82, 2.24) is 10.6 Å². The molecular weight excluding hydrogens is 316 g/mol. The van der Waals surface area contributed by atoms with Crippen LogP contribution in [-0.2, 0) is 9.53 Å². The number of methoxy groups -OCH3 is 1. The number of benzene rings is 1. The van der Waals surface area contributed by atoms with Crippen LogP contribution in [0.5, 0.6) is 0 Å². The summed E-state index contributed by atoms with van der Waals surface area (Å²) in [5.74, 6) is -0.0436. The van der Waals surface area contributed by atoms with E-state index in [-0.39, 0.29) is 29.9 Å². The zero-order valence-corrected chi connectivity index (χ0v) is 15.6. The summed E-state index contributed by atoms with van der Waals surface area (Å²) in [5, 5.41) is 6.35. The molecule has 5 nitrogen and oxygen atoms in total. The zero-order chi connectivity index (χ0) is 18.3. The molecule has 1 aliphatic heterocycles. The van der Waals surface area contributed by atoms with Crippen LogP contribution in [0.4, 0.5) is 0 Å². The minimum Gasteiger partial charge on any atom is -0.384 e. The van der Waals surface area contributed by atoms with E-state index in [1.807, 2.05) is 32.0 Å². The number of piperidine rings is 1. The van der Waals surface area contributed by atoms with E-state index in [4.69, 9.17) is 4.74 Å². The largest absolute Gasteiger partial charge is 0.384 e. The molecule has 1 amide bonds. The van der Waals surface area contributed by atoms with Crippen molar-refractivity contribution in [1.29, 1.82) is 0 Å². The molecule has 2 rings (SSSR count). The standard InChI is InChI=1S/C20H30N2O3/c1-15-4-5-17(12-16(15)2)18(23)6-7-19(24)22-13-20(14-25-3)8-10-21-11-9-20/h4-5,12,21H,6-11,13-14H2,1-3H3,(H,22,24). The van der Waals surface area contributed by atoms with Gasteiger partial charge in [0.1, 0.15) is 0 Å². The number of nitrogens with one attached hydrogen (secondary N) is 2. The van der Waals surface area contributed by atoms with E-state index >= 15 is 0 Å². The van der Waals surface area contributed by atoms with Gasteiger partial charge in [0.2, 0.25) is 5.91 Å². The minimum absolute atomic E-state index is 0.00768. The molecule has 0 aromatic heterocycles. The summed E-state index contributed by atoms with van der Waals surface area (Å²) in [6, 6.07) is 5.69. The molecule has 0 aliphatic carbocycles. The van der Waals surface area contributed by atoms with E-state index in [1.165, 1.54) is 5.56 Å².